The highest BCUT2D eigenvalue weighted by atomic mass is 19.1. The molecule has 2 aliphatic heterocycles. The maximum Gasteiger partial charge on any atom is 0.122 e. The minimum absolute atomic E-state index is 0.292. The molecule has 1 N–H and O–H groups in total. The molecule has 2 unspecified atom stereocenters. The van der Waals surface area contributed by atoms with Crippen LogP contribution in [0.4, 0.5) is 4.39 Å². The van der Waals surface area contributed by atoms with Crippen LogP contribution >= 0.6 is 0 Å². The molecule has 1 spiro atoms. The minimum Gasteiger partial charge on any atom is -0.379 e. The molecule has 0 aromatic rings. The van der Waals surface area contributed by atoms with E-state index in [0.29, 0.717) is 19.6 Å². The third-order valence-corrected chi connectivity index (χ3v) is 2.53. The molecule has 2 rings (SSSR count). The van der Waals surface area contributed by atoms with Crippen LogP contribution in [0.3, 0.4) is 0 Å². The molecular weight excluding hydrogens is 133 g/mol. The van der Waals surface area contributed by atoms with Crippen molar-refractivity contribution in [2.75, 3.05) is 19.8 Å². The quantitative estimate of drug-likeness (QED) is 0.535. The largest absolute Gasteiger partial charge is 0.379 e. The van der Waals surface area contributed by atoms with Gasteiger partial charge in [-0.1, -0.05) is 0 Å². The van der Waals surface area contributed by atoms with Crippen LogP contribution in [0.2, 0.25) is 0 Å². The summed E-state index contributed by atoms with van der Waals surface area (Å²) in [6.45, 7) is 2.09. The summed E-state index contributed by atoms with van der Waals surface area (Å²) < 4.78 is 18.3. The highest BCUT2D eigenvalue weighted by Crippen LogP contribution is 2.30. The Morgan fingerprint density at radius 1 is 1.60 bits per heavy atom. The number of alkyl halides is 1. The fourth-order valence-corrected chi connectivity index (χ4v) is 1.80. The summed E-state index contributed by atoms with van der Waals surface area (Å²) in [5, 5.41) is 3.18. The highest BCUT2D eigenvalue weighted by molar-refractivity contribution is 5.02. The molecular formula is C7H12FNO. The van der Waals surface area contributed by atoms with E-state index in [1.807, 2.05) is 0 Å². The Bertz CT molecular complexity index is 128. The Hall–Kier alpha value is -0.150. The standard InChI is InChI=1S/C7H12FNO/c8-6-1-3-9-7(6)2-4-10-5-7/h6,9H,1-5H2. The molecule has 0 amide bonds. The van der Waals surface area contributed by atoms with Crippen LogP contribution < -0.4 is 5.32 Å². The van der Waals surface area contributed by atoms with Crippen LogP contribution in [0.1, 0.15) is 12.8 Å². The Balaban J connectivity index is 2.11. The van der Waals surface area contributed by atoms with Gasteiger partial charge in [-0.05, 0) is 19.4 Å². The van der Waals surface area contributed by atoms with Gasteiger partial charge >= 0.3 is 0 Å². The van der Waals surface area contributed by atoms with Gasteiger partial charge in [0.05, 0.1) is 12.1 Å². The van der Waals surface area contributed by atoms with Gasteiger partial charge in [0.2, 0.25) is 0 Å². The van der Waals surface area contributed by atoms with Gasteiger partial charge in [-0.3, -0.25) is 0 Å². The third kappa shape index (κ3) is 0.772. The molecule has 2 heterocycles. The molecule has 0 saturated carbocycles. The summed E-state index contributed by atoms with van der Waals surface area (Å²) in [5.74, 6) is 0. The average molecular weight is 145 g/mol. The summed E-state index contributed by atoms with van der Waals surface area (Å²) in [7, 11) is 0. The third-order valence-electron chi connectivity index (χ3n) is 2.53. The maximum absolute atomic E-state index is 13.1. The summed E-state index contributed by atoms with van der Waals surface area (Å²) >= 11 is 0. The lowest BCUT2D eigenvalue weighted by molar-refractivity contribution is 0.138. The van der Waals surface area contributed by atoms with E-state index >= 15 is 0 Å². The van der Waals surface area contributed by atoms with Crippen molar-refractivity contribution in [3.63, 3.8) is 0 Å². The van der Waals surface area contributed by atoms with Gasteiger partial charge < -0.3 is 10.1 Å². The number of hydrogen-bond acceptors (Lipinski definition) is 2. The second kappa shape index (κ2) is 2.17. The van der Waals surface area contributed by atoms with Crippen molar-refractivity contribution in [2.45, 2.75) is 24.6 Å². The number of ether oxygens (including phenoxy) is 1. The van der Waals surface area contributed by atoms with Gasteiger partial charge in [-0.2, -0.15) is 0 Å². The topological polar surface area (TPSA) is 21.3 Å². The average Bonchev–Trinajstić information content (AvgIpc) is 2.48. The van der Waals surface area contributed by atoms with Crippen molar-refractivity contribution in [1.82, 2.24) is 5.32 Å². The molecule has 0 aromatic heterocycles. The normalized spacial score (nSPS) is 47.1. The molecule has 3 heteroatoms. The van der Waals surface area contributed by atoms with Crippen molar-refractivity contribution in [3.8, 4) is 0 Å². The Morgan fingerprint density at radius 2 is 2.50 bits per heavy atom. The van der Waals surface area contributed by atoms with Crippen molar-refractivity contribution in [1.29, 1.82) is 0 Å². The van der Waals surface area contributed by atoms with Gasteiger partial charge in [-0.15, -0.1) is 0 Å². The molecule has 58 valence electrons. The van der Waals surface area contributed by atoms with E-state index in [-0.39, 0.29) is 5.54 Å². The van der Waals surface area contributed by atoms with Gasteiger partial charge in [0, 0.05) is 6.61 Å². The van der Waals surface area contributed by atoms with E-state index in [2.05, 4.69) is 5.32 Å². The first kappa shape index (κ1) is 6.55. The van der Waals surface area contributed by atoms with Gasteiger partial charge in [-0.25, -0.2) is 4.39 Å². The summed E-state index contributed by atoms with van der Waals surface area (Å²) in [6, 6.07) is 0. The van der Waals surface area contributed by atoms with Crippen molar-refractivity contribution >= 4 is 0 Å². The van der Waals surface area contributed by atoms with Crippen LogP contribution in [0.5, 0.6) is 0 Å². The zero-order valence-corrected chi connectivity index (χ0v) is 5.90. The predicted molar refractivity (Wildman–Crippen MR) is 35.7 cm³/mol. The maximum atomic E-state index is 13.1. The van der Waals surface area contributed by atoms with Crippen LogP contribution in [0.25, 0.3) is 0 Å². The zero-order chi connectivity index (χ0) is 7.03. The van der Waals surface area contributed by atoms with Crippen molar-refractivity contribution in [3.05, 3.63) is 0 Å². The molecule has 0 aromatic carbocycles. The highest BCUT2D eigenvalue weighted by Gasteiger charge is 2.45. The van der Waals surface area contributed by atoms with Crippen LogP contribution in [0, 0.1) is 0 Å². The van der Waals surface area contributed by atoms with E-state index in [0.717, 1.165) is 13.0 Å². The predicted octanol–water partition coefficient (Wildman–Crippen LogP) is 0.477. The first-order valence-electron chi connectivity index (χ1n) is 3.80. The number of nitrogens with one attached hydrogen (secondary N) is 1. The van der Waals surface area contributed by atoms with E-state index in [9.17, 15) is 4.39 Å². The molecule has 2 saturated heterocycles. The fraction of sp³-hybridized carbons (Fsp3) is 1.00. The van der Waals surface area contributed by atoms with E-state index in [1.54, 1.807) is 0 Å². The summed E-state index contributed by atoms with van der Waals surface area (Å²) in [4.78, 5) is 0. The smallest absolute Gasteiger partial charge is 0.122 e. The molecule has 2 nitrogen and oxygen atoms in total. The molecule has 2 fully saturated rings. The Labute approximate surface area is 59.7 Å². The van der Waals surface area contributed by atoms with E-state index in [1.165, 1.54) is 0 Å². The van der Waals surface area contributed by atoms with Gasteiger partial charge in [0.15, 0.2) is 0 Å². The molecule has 2 aliphatic rings. The van der Waals surface area contributed by atoms with Crippen molar-refractivity contribution < 1.29 is 9.13 Å². The molecule has 0 aliphatic carbocycles. The lowest BCUT2D eigenvalue weighted by Crippen LogP contribution is -2.46. The van der Waals surface area contributed by atoms with Crippen LogP contribution in [-0.4, -0.2) is 31.5 Å². The number of hydrogen-bond donors (Lipinski definition) is 1. The number of halogens is 1. The molecule has 0 radical (unpaired) electrons. The minimum atomic E-state index is -0.685. The van der Waals surface area contributed by atoms with Crippen LogP contribution in [0.15, 0.2) is 0 Å². The zero-order valence-electron chi connectivity index (χ0n) is 5.90. The first-order chi connectivity index (χ1) is 4.83. The van der Waals surface area contributed by atoms with Gasteiger partial charge in [0.1, 0.15) is 6.17 Å². The molecule has 2 atom stereocenters. The molecule has 10 heavy (non-hydrogen) atoms. The van der Waals surface area contributed by atoms with Crippen LogP contribution in [-0.2, 0) is 4.74 Å². The first-order valence-corrected chi connectivity index (χ1v) is 3.80. The fourth-order valence-electron chi connectivity index (χ4n) is 1.80. The Morgan fingerprint density at radius 3 is 3.00 bits per heavy atom. The van der Waals surface area contributed by atoms with E-state index < -0.39 is 6.17 Å². The SMILES string of the molecule is FC1CCNC12CCOC2. The second-order valence-corrected chi connectivity index (χ2v) is 3.14. The summed E-state index contributed by atoms with van der Waals surface area (Å²) in [6.07, 6.45) is 0.812. The summed E-state index contributed by atoms with van der Waals surface area (Å²) in [5.41, 5.74) is -0.292. The van der Waals surface area contributed by atoms with Gasteiger partial charge in [0.25, 0.3) is 0 Å². The number of rotatable bonds is 0. The Kier molecular flexibility index (Phi) is 1.42. The lowest BCUT2D eigenvalue weighted by atomic mass is 9.95. The monoisotopic (exact) mass is 145 g/mol. The lowest BCUT2D eigenvalue weighted by Gasteiger charge is -2.23. The molecule has 0 bridgehead atoms. The van der Waals surface area contributed by atoms with E-state index in [4.69, 9.17) is 4.74 Å². The van der Waals surface area contributed by atoms with Crippen molar-refractivity contribution in [2.24, 2.45) is 0 Å². The second-order valence-electron chi connectivity index (χ2n) is 3.14.